The number of allylic oxidation sites excluding steroid dienone is 1. The van der Waals surface area contributed by atoms with Crippen molar-refractivity contribution in [1.82, 2.24) is 10.6 Å². The van der Waals surface area contributed by atoms with E-state index in [0.717, 1.165) is 13.0 Å². The Bertz CT molecular complexity index is 285. The van der Waals surface area contributed by atoms with Gasteiger partial charge < -0.3 is 21.1 Å². The molecule has 0 aromatic rings. The summed E-state index contributed by atoms with van der Waals surface area (Å²) < 4.78 is 5.22. The zero-order chi connectivity index (χ0) is 14.9. The number of hydrogen-bond acceptors (Lipinski definition) is 4. The van der Waals surface area contributed by atoms with Crippen molar-refractivity contribution in [3.63, 3.8) is 0 Å². The maximum Gasteiger partial charge on any atom is 0.407 e. The average molecular weight is 271 g/mol. The lowest BCUT2D eigenvalue weighted by atomic mass is 10.1. The van der Waals surface area contributed by atoms with Crippen LogP contribution in [0.4, 0.5) is 4.79 Å². The zero-order valence-corrected chi connectivity index (χ0v) is 12.8. The van der Waals surface area contributed by atoms with E-state index < -0.39 is 11.7 Å². The summed E-state index contributed by atoms with van der Waals surface area (Å²) in [5.74, 6) is 0. The van der Waals surface area contributed by atoms with Crippen LogP contribution >= 0.6 is 0 Å². The molecule has 2 unspecified atom stereocenters. The molecular weight excluding hydrogens is 242 g/mol. The van der Waals surface area contributed by atoms with Crippen molar-refractivity contribution in [2.24, 2.45) is 5.73 Å². The fourth-order valence-corrected chi connectivity index (χ4v) is 1.58. The smallest absolute Gasteiger partial charge is 0.407 e. The van der Waals surface area contributed by atoms with Crippen LogP contribution in [0.15, 0.2) is 12.2 Å². The van der Waals surface area contributed by atoms with Gasteiger partial charge >= 0.3 is 6.09 Å². The standard InChI is InChI=1S/C14H29N3O2/c1-6-7-8-9-16-12(10-15)11(2)17-13(18)19-14(3,4)5/h6-7,11-12,16H,8-10,15H2,1-5H3,(H,17,18)/b7-6+. The molecule has 0 aliphatic carbocycles. The highest BCUT2D eigenvalue weighted by Gasteiger charge is 2.21. The van der Waals surface area contributed by atoms with Gasteiger partial charge in [0.2, 0.25) is 0 Å². The first-order chi connectivity index (χ1) is 8.80. The fourth-order valence-electron chi connectivity index (χ4n) is 1.58. The predicted octanol–water partition coefficient (Wildman–Crippen LogP) is 1.78. The SMILES string of the molecule is C/C=C/CCNC(CN)C(C)NC(=O)OC(C)(C)C. The Labute approximate surface area is 117 Å². The minimum Gasteiger partial charge on any atom is -0.444 e. The molecule has 1 amide bonds. The third-order valence-electron chi connectivity index (χ3n) is 2.56. The third-order valence-corrected chi connectivity index (χ3v) is 2.56. The van der Waals surface area contributed by atoms with Crippen LogP contribution in [0.2, 0.25) is 0 Å². The van der Waals surface area contributed by atoms with Crippen molar-refractivity contribution in [2.75, 3.05) is 13.1 Å². The molecule has 4 N–H and O–H groups in total. The van der Waals surface area contributed by atoms with Gasteiger partial charge in [0.25, 0.3) is 0 Å². The first kappa shape index (κ1) is 17.9. The van der Waals surface area contributed by atoms with Gasteiger partial charge in [0.15, 0.2) is 0 Å². The van der Waals surface area contributed by atoms with Crippen molar-refractivity contribution in [3.05, 3.63) is 12.2 Å². The van der Waals surface area contributed by atoms with Crippen LogP contribution in [0.3, 0.4) is 0 Å². The fraction of sp³-hybridized carbons (Fsp3) is 0.786. The molecule has 0 aliphatic heterocycles. The van der Waals surface area contributed by atoms with E-state index in [1.54, 1.807) is 0 Å². The van der Waals surface area contributed by atoms with Crippen molar-refractivity contribution in [2.45, 2.75) is 58.7 Å². The van der Waals surface area contributed by atoms with E-state index >= 15 is 0 Å². The van der Waals surface area contributed by atoms with Gasteiger partial charge in [-0.3, -0.25) is 0 Å². The van der Waals surface area contributed by atoms with Gasteiger partial charge in [0, 0.05) is 18.6 Å². The summed E-state index contributed by atoms with van der Waals surface area (Å²) in [5, 5.41) is 6.13. The van der Waals surface area contributed by atoms with Crippen LogP contribution < -0.4 is 16.4 Å². The first-order valence-corrected chi connectivity index (χ1v) is 6.84. The molecule has 0 fully saturated rings. The molecule has 112 valence electrons. The van der Waals surface area contributed by atoms with Crippen molar-refractivity contribution in [1.29, 1.82) is 0 Å². The highest BCUT2D eigenvalue weighted by atomic mass is 16.6. The minimum absolute atomic E-state index is 0.0396. The number of carbonyl (C=O) groups excluding carboxylic acids is 1. The summed E-state index contributed by atoms with van der Waals surface area (Å²) in [6, 6.07) is -0.0387. The number of carbonyl (C=O) groups is 1. The number of alkyl carbamates (subject to hydrolysis) is 1. The van der Waals surface area contributed by atoms with Crippen LogP contribution in [-0.2, 0) is 4.74 Å². The second kappa shape index (κ2) is 8.93. The number of ether oxygens (including phenoxy) is 1. The lowest BCUT2D eigenvalue weighted by Crippen LogP contribution is -2.52. The molecule has 0 bridgehead atoms. The number of rotatable bonds is 7. The molecule has 19 heavy (non-hydrogen) atoms. The summed E-state index contributed by atoms with van der Waals surface area (Å²) >= 11 is 0. The van der Waals surface area contributed by atoms with Crippen LogP contribution in [0.1, 0.15) is 41.0 Å². The summed E-state index contributed by atoms with van der Waals surface area (Å²) in [5.41, 5.74) is 5.23. The van der Waals surface area contributed by atoms with E-state index in [9.17, 15) is 4.79 Å². The third kappa shape index (κ3) is 9.50. The van der Waals surface area contributed by atoms with Gasteiger partial charge in [-0.1, -0.05) is 12.2 Å². The largest absolute Gasteiger partial charge is 0.444 e. The lowest BCUT2D eigenvalue weighted by Gasteiger charge is -2.27. The van der Waals surface area contributed by atoms with Crippen LogP contribution in [0.25, 0.3) is 0 Å². The Hall–Kier alpha value is -1.07. The number of nitrogens with one attached hydrogen (secondary N) is 2. The second-order valence-corrected chi connectivity index (χ2v) is 5.59. The quantitative estimate of drug-likeness (QED) is 0.487. The van der Waals surface area contributed by atoms with E-state index in [-0.39, 0.29) is 12.1 Å². The molecule has 0 aromatic carbocycles. The molecule has 5 heteroatoms. The molecule has 0 radical (unpaired) electrons. The number of amides is 1. The molecular formula is C14H29N3O2. The molecule has 0 aliphatic rings. The van der Waals surface area contributed by atoms with Gasteiger partial charge in [-0.05, 0) is 47.6 Å². The van der Waals surface area contributed by atoms with Crippen LogP contribution in [0.5, 0.6) is 0 Å². The van der Waals surface area contributed by atoms with E-state index in [1.165, 1.54) is 0 Å². The van der Waals surface area contributed by atoms with E-state index in [4.69, 9.17) is 10.5 Å². The van der Waals surface area contributed by atoms with Gasteiger partial charge in [0.05, 0.1) is 0 Å². The zero-order valence-electron chi connectivity index (χ0n) is 12.8. The maximum atomic E-state index is 11.7. The molecule has 0 saturated carbocycles. The van der Waals surface area contributed by atoms with Gasteiger partial charge in [0.1, 0.15) is 5.60 Å². The predicted molar refractivity (Wildman–Crippen MR) is 79.1 cm³/mol. The highest BCUT2D eigenvalue weighted by molar-refractivity contribution is 5.68. The molecule has 0 rings (SSSR count). The highest BCUT2D eigenvalue weighted by Crippen LogP contribution is 2.07. The molecule has 0 aromatic heterocycles. The summed E-state index contributed by atoms with van der Waals surface area (Å²) in [6.45, 7) is 10.7. The second-order valence-electron chi connectivity index (χ2n) is 5.59. The van der Waals surface area contributed by atoms with E-state index in [2.05, 4.69) is 16.7 Å². The lowest BCUT2D eigenvalue weighted by molar-refractivity contribution is 0.0499. The van der Waals surface area contributed by atoms with Gasteiger partial charge in [-0.15, -0.1) is 0 Å². The normalized spacial score (nSPS) is 15.3. The van der Waals surface area contributed by atoms with Crippen molar-refractivity contribution >= 4 is 6.09 Å². The van der Waals surface area contributed by atoms with Gasteiger partial charge in [-0.2, -0.15) is 0 Å². The Balaban J connectivity index is 4.12. The summed E-state index contributed by atoms with van der Waals surface area (Å²) in [7, 11) is 0. The number of hydrogen-bond donors (Lipinski definition) is 3. The Morgan fingerprint density at radius 1 is 1.42 bits per heavy atom. The topological polar surface area (TPSA) is 76.4 Å². The van der Waals surface area contributed by atoms with Crippen LogP contribution in [-0.4, -0.2) is 36.9 Å². The monoisotopic (exact) mass is 271 g/mol. The first-order valence-electron chi connectivity index (χ1n) is 6.84. The van der Waals surface area contributed by atoms with E-state index in [1.807, 2.05) is 40.7 Å². The van der Waals surface area contributed by atoms with Crippen LogP contribution in [0, 0.1) is 0 Å². The van der Waals surface area contributed by atoms with E-state index in [0.29, 0.717) is 6.54 Å². The molecule has 0 heterocycles. The average Bonchev–Trinajstić information content (AvgIpc) is 2.26. The summed E-state index contributed by atoms with van der Waals surface area (Å²) in [6.07, 6.45) is 4.65. The molecule has 2 atom stereocenters. The van der Waals surface area contributed by atoms with Crippen molar-refractivity contribution < 1.29 is 9.53 Å². The maximum absolute atomic E-state index is 11.7. The molecule has 5 nitrogen and oxygen atoms in total. The van der Waals surface area contributed by atoms with Gasteiger partial charge in [-0.25, -0.2) is 4.79 Å². The minimum atomic E-state index is -0.485. The summed E-state index contributed by atoms with van der Waals surface area (Å²) in [4.78, 5) is 11.7. The Kier molecular flexibility index (Phi) is 8.43. The number of nitrogens with two attached hydrogens (primary N) is 1. The Morgan fingerprint density at radius 3 is 2.53 bits per heavy atom. The molecule has 0 saturated heterocycles. The Morgan fingerprint density at radius 2 is 2.05 bits per heavy atom. The molecule has 0 spiro atoms. The van der Waals surface area contributed by atoms with Crippen molar-refractivity contribution in [3.8, 4) is 0 Å².